The van der Waals surface area contributed by atoms with Crippen LogP contribution in [0.4, 0.5) is 17.6 Å². The summed E-state index contributed by atoms with van der Waals surface area (Å²) in [6.07, 6.45) is 10.8. The summed E-state index contributed by atoms with van der Waals surface area (Å²) in [5.74, 6) is -0.925. The third-order valence-electron chi connectivity index (χ3n) is 6.20. The van der Waals surface area contributed by atoms with E-state index in [0.29, 0.717) is 17.4 Å². The maximum absolute atomic E-state index is 14.0. The van der Waals surface area contributed by atoms with E-state index < -0.39 is 24.0 Å². The van der Waals surface area contributed by atoms with Crippen LogP contribution in [0.15, 0.2) is 24.8 Å². The molecular weight excluding hydrogens is 344 g/mol. The van der Waals surface area contributed by atoms with Crippen LogP contribution in [0.2, 0.25) is 0 Å². The number of halogens is 4. The quantitative estimate of drug-likeness (QED) is 0.394. The van der Waals surface area contributed by atoms with Crippen molar-refractivity contribution in [1.29, 1.82) is 0 Å². The molecule has 1 aromatic carbocycles. The van der Waals surface area contributed by atoms with Gasteiger partial charge in [-0.3, -0.25) is 0 Å². The Morgan fingerprint density at radius 1 is 1.04 bits per heavy atom. The lowest BCUT2D eigenvalue weighted by Gasteiger charge is -2.42. The van der Waals surface area contributed by atoms with Crippen molar-refractivity contribution in [3.63, 3.8) is 0 Å². The van der Waals surface area contributed by atoms with Crippen LogP contribution in [-0.4, -0.2) is 6.61 Å². The van der Waals surface area contributed by atoms with Crippen LogP contribution in [0.3, 0.4) is 0 Å². The Balaban J connectivity index is 1.65. The molecule has 0 spiro atoms. The smallest absolute Gasteiger partial charge is 0.387 e. The molecule has 3 rings (SSSR count). The first-order valence-corrected chi connectivity index (χ1v) is 9.52. The monoisotopic (exact) mass is 370 g/mol. The highest BCUT2D eigenvalue weighted by molar-refractivity contribution is 5.33. The molecule has 2 fully saturated rings. The van der Waals surface area contributed by atoms with Gasteiger partial charge >= 0.3 is 6.61 Å². The van der Waals surface area contributed by atoms with Crippen LogP contribution in [0.1, 0.15) is 62.8 Å². The average molecular weight is 370 g/mol. The highest BCUT2D eigenvalue weighted by Gasteiger charge is 2.36. The minimum atomic E-state index is -3.24. The molecule has 4 unspecified atom stereocenters. The fourth-order valence-corrected chi connectivity index (χ4v) is 4.92. The molecule has 0 saturated heterocycles. The number of ether oxygens (including phenoxy) is 1. The van der Waals surface area contributed by atoms with E-state index in [2.05, 4.69) is 11.3 Å². The summed E-state index contributed by atoms with van der Waals surface area (Å²) in [5, 5.41) is 0. The number of allylic oxidation sites excluding steroid dienone is 1. The number of benzene rings is 1. The zero-order valence-electron chi connectivity index (χ0n) is 14.9. The third-order valence-corrected chi connectivity index (χ3v) is 6.20. The summed E-state index contributed by atoms with van der Waals surface area (Å²) in [4.78, 5) is 0. The van der Waals surface area contributed by atoms with Gasteiger partial charge in [-0.2, -0.15) is 8.78 Å². The second-order valence-corrected chi connectivity index (χ2v) is 7.77. The minimum absolute atomic E-state index is 0.0885. The van der Waals surface area contributed by atoms with E-state index in [1.54, 1.807) is 0 Å². The predicted molar refractivity (Wildman–Crippen MR) is 93.3 cm³/mol. The summed E-state index contributed by atoms with van der Waals surface area (Å²) in [7, 11) is 0. The van der Waals surface area contributed by atoms with E-state index >= 15 is 0 Å². The zero-order valence-corrected chi connectivity index (χ0v) is 14.9. The molecule has 0 heterocycles. The zero-order chi connectivity index (χ0) is 18.7. The van der Waals surface area contributed by atoms with Crippen molar-refractivity contribution in [1.82, 2.24) is 0 Å². The second-order valence-electron chi connectivity index (χ2n) is 7.77. The maximum Gasteiger partial charge on any atom is 0.387 e. The van der Waals surface area contributed by atoms with Crippen molar-refractivity contribution < 1.29 is 22.3 Å². The number of hydrogen-bond donors (Lipinski definition) is 0. The van der Waals surface area contributed by atoms with Crippen LogP contribution in [0.25, 0.3) is 0 Å². The Kier molecular flexibility index (Phi) is 6.25. The van der Waals surface area contributed by atoms with Gasteiger partial charge in [0.2, 0.25) is 0 Å². The van der Waals surface area contributed by atoms with Gasteiger partial charge < -0.3 is 4.74 Å². The maximum atomic E-state index is 14.0. The first-order chi connectivity index (χ1) is 12.5. The molecule has 1 aromatic rings. The summed E-state index contributed by atoms with van der Waals surface area (Å²) < 4.78 is 56.5. The van der Waals surface area contributed by atoms with Crippen molar-refractivity contribution in [2.45, 2.75) is 63.9 Å². The summed E-state index contributed by atoms with van der Waals surface area (Å²) in [5.41, 5.74) is 0.564. The first-order valence-electron chi connectivity index (χ1n) is 9.52. The summed E-state index contributed by atoms with van der Waals surface area (Å²) >= 11 is 0. The highest BCUT2D eigenvalue weighted by Crippen LogP contribution is 2.48. The number of hydrogen-bond acceptors (Lipinski definition) is 1. The van der Waals surface area contributed by atoms with Gasteiger partial charge in [0.25, 0.3) is 0 Å². The fraction of sp³-hybridized carbons (Fsp3) is 0.619. The lowest BCUT2D eigenvalue weighted by atomic mass is 9.63. The van der Waals surface area contributed by atoms with E-state index in [1.165, 1.54) is 37.8 Å². The second kappa shape index (κ2) is 8.45. The van der Waals surface area contributed by atoms with Crippen molar-refractivity contribution in [3.8, 4) is 5.75 Å². The summed E-state index contributed by atoms with van der Waals surface area (Å²) in [6, 6.07) is 2.34. The molecular formula is C21H26F4O. The molecule has 2 saturated carbocycles. The predicted octanol–water partition coefficient (Wildman–Crippen LogP) is 6.83. The molecule has 0 N–H and O–H groups in total. The molecule has 2 aliphatic carbocycles. The third kappa shape index (κ3) is 4.41. The van der Waals surface area contributed by atoms with Gasteiger partial charge in [0, 0.05) is 0 Å². The minimum Gasteiger partial charge on any atom is -0.429 e. The molecule has 0 aliphatic heterocycles. The largest absolute Gasteiger partial charge is 0.429 e. The standard InChI is InChI=1S/C21H26F4O/c1-2-3-4-13-5-6-15-10-16(8-7-14(15)9-13)17-11-18(22)20(19(23)12-17)26-21(24)25/h2,11-16,21H,1,3-10H2. The Morgan fingerprint density at radius 2 is 1.69 bits per heavy atom. The molecule has 2 aliphatic rings. The molecule has 4 atom stereocenters. The average Bonchev–Trinajstić information content (AvgIpc) is 2.62. The lowest BCUT2D eigenvalue weighted by Crippen LogP contribution is -2.30. The van der Waals surface area contributed by atoms with Gasteiger partial charge in [-0.1, -0.05) is 12.5 Å². The van der Waals surface area contributed by atoms with E-state index in [-0.39, 0.29) is 5.92 Å². The van der Waals surface area contributed by atoms with Gasteiger partial charge in [0.1, 0.15) is 0 Å². The molecule has 144 valence electrons. The van der Waals surface area contributed by atoms with Crippen LogP contribution in [0, 0.1) is 29.4 Å². The van der Waals surface area contributed by atoms with E-state index in [4.69, 9.17) is 0 Å². The van der Waals surface area contributed by atoms with Crippen molar-refractivity contribution in [3.05, 3.63) is 42.0 Å². The van der Waals surface area contributed by atoms with Crippen LogP contribution in [0.5, 0.6) is 5.75 Å². The number of alkyl halides is 2. The van der Waals surface area contributed by atoms with Crippen molar-refractivity contribution in [2.24, 2.45) is 17.8 Å². The Bertz CT molecular complexity index is 607. The first kappa shape index (κ1) is 19.2. The molecule has 1 nitrogen and oxygen atoms in total. The highest BCUT2D eigenvalue weighted by atomic mass is 19.3. The Morgan fingerprint density at radius 3 is 2.35 bits per heavy atom. The van der Waals surface area contributed by atoms with E-state index in [1.807, 2.05) is 6.08 Å². The Hall–Kier alpha value is -1.52. The number of fused-ring (bicyclic) bond motifs is 1. The SMILES string of the molecule is C=CCCC1CCC2CC(c3cc(F)c(OC(F)F)c(F)c3)CCC2C1. The van der Waals surface area contributed by atoms with Gasteiger partial charge in [0.15, 0.2) is 17.4 Å². The van der Waals surface area contributed by atoms with Gasteiger partial charge in [0.05, 0.1) is 0 Å². The van der Waals surface area contributed by atoms with Crippen LogP contribution in [-0.2, 0) is 0 Å². The van der Waals surface area contributed by atoms with Crippen LogP contribution >= 0.6 is 0 Å². The van der Waals surface area contributed by atoms with E-state index in [9.17, 15) is 17.6 Å². The van der Waals surface area contributed by atoms with Crippen LogP contribution < -0.4 is 4.74 Å². The fourth-order valence-electron chi connectivity index (χ4n) is 4.92. The van der Waals surface area contributed by atoms with Crippen molar-refractivity contribution >= 4 is 0 Å². The molecule has 0 aromatic heterocycles. The topological polar surface area (TPSA) is 9.23 Å². The van der Waals surface area contributed by atoms with Crippen molar-refractivity contribution in [2.75, 3.05) is 0 Å². The molecule has 0 bridgehead atoms. The molecule has 26 heavy (non-hydrogen) atoms. The molecule has 5 heteroatoms. The Labute approximate surface area is 152 Å². The van der Waals surface area contributed by atoms with Gasteiger partial charge in [-0.05, 0) is 86.3 Å². The molecule has 0 amide bonds. The molecule has 0 radical (unpaired) electrons. The normalized spacial score (nSPS) is 28.7. The van der Waals surface area contributed by atoms with Gasteiger partial charge in [-0.25, -0.2) is 8.78 Å². The van der Waals surface area contributed by atoms with Gasteiger partial charge in [-0.15, -0.1) is 6.58 Å². The number of rotatable bonds is 6. The summed E-state index contributed by atoms with van der Waals surface area (Å²) in [6.45, 7) is 0.555. The lowest BCUT2D eigenvalue weighted by molar-refractivity contribution is -0.0546. The van der Waals surface area contributed by atoms with E-state index in [0.717, 1.165) is 31.6 Å².